The lowest BCUT2D eigenvalue weighted by atomic mass is 10.1. The second kappa shape index (κ2) is 7.23. The molecule has 0 aliphatic carbocycles. The molecule has 0 saturated heterocycles. The van der Waals surface area contributed by atoms with Gasteiger partial charge in [0.1, 0.15) is 17.4 Å². The smallest absolute Gasteiger partial charge is 0.320 e. The quantitative estimate of drug-likeness (QED) is 0.889. The number of halogens is 1. The van der Waals surface area contributed by atoms with E-state index in [4.69, 9.17) is 4.74 Å². The van der Waals surface area contributed by atoms with Crippen LogP contribution in [-0.2, 0) is 6.42 Å². The first-order valence-electron chi connectivity index (χ1n) is 6.47. The maximum atomic E-state index is 12.7. The fraction of sp³-hybridized carbons (Fsp3) is 0.200. The summed E-state index contributed by atoms with van der Waals surface area (Å²) in [4.78, 5) is 15.4. The summed E-state index contributed by atoms with van der Waals surface area (Å²) in [6.45, 7) is 0.472. The normalized spacial score (nSPS) is 10.0. The first kappa shape index (κ1) is 14.8. The average Bonchev–Trinajstić information content (AvgIpc) is 2.50. The molecule has 0 saturated carbocycles. The number of hydrogen-bond donors (Lipinski definition) is 2. The van der Waals surface area contributed by atoms with E-state index in [0.29, 0.717) is 18.8 Å². The number of benzene rings is 1. The molecule has 0 aliphatic rings. The molecule has 0 unspecified atom stereocenters. The number of ether oxygens (including phenoxy) is 1. The second-order valence-corrected chi connectivity index (χ2v) is 4.34. The molecular weight excluding hydrogens is 273 g/mol. The van der Waals surface area contributed by atoms with Crippen LogP contribution in [0.1, 0.15) is 5.56 Å². The van der Waals surface area contributed by atoms with Gasteiger partial charge in [0.05, 0.1) is 13.3 Å². The van der Waals surface area contributed by atoms with E-state index in [2.05, 4.69) is 15.6 Å². The number of nitrogens with zero attached hydrogens (tertiary/aromatic N) is 1. The van der Waals surface area contributed by atoms with E-state index in [-0.39, 0.29) is 6.03 Å². The lowest BCUT2D eigenvalue weighted by Crippen LogP contribution is -2.30. The van der Waals surface area contributed by atoms with Gasteiger partial charge in [0.15, 0.2) is 0 Å². The summed E-state index contributed by atoms with van der Waals surface area (Å²) in [5.41, 5.74) is 1.06. The molecule has 2 rings (SSSR count). The molecule has 5 nitrogen and oxygen atoms in total. The Bertz CT molecular complexity index is 602. The zero-order valence-corrected chi connectivity index (χ0v) is 11.6. The summed E-state index contributed by atoms with van der Waals surface area (Å²) in [6.07, 6.45) is 1.73. The van der Waals surface area contributed by atoms with Gasteiger partial charge >= 0.3 is 6.03 Å². The number of nitrogens with one attached hydrogen (secondary N) is 2. The number of hydrogen-bond acceptors (Lipinski definition) is 3. The van der Waals surface area contributed by atoms with Crippen molar-refractivity contribution in [3.05, 3.63) is 54.0 Å². The monoisotopic (exact) mass is 289 g/mol. The molecule has 0 aliphatic heterocycles. The van der Waals surface area contributed by atoms with Gasteiger partial charge in [0.25, 0.3) is 0 Å². The summed E-state index contributed by atoms with van der Waals surface area (Å²) in [5, 5.41) is 5.23. The highest BCUT2D eigenvalue weighted by Crippen LogP contribution is 2.12. The highest BCUT2D eigenvalue weighted by Gasteiger charge is 2.03. The number of carbonyl (C=O) groups excluding carboxylic acids is 1. The number of carbonyl (C=O) groups is 1. The van der Waals surface area contributed by atoms with Gasteiger partial charge < -0.3 is 10.1 Å². The molecule has 0 bridgehead atoms. The number of amides is 2. The Kier molecular flexibility index (Phi) is 5.09. The molecule has 1 aromatic heterocycles. The van der Waals surface area contributed by atoms with E-state index >= 15 is 0 Å². The zero-order chi connectivity index (χ0) is 15.1. The van der Waals surface area contributed by atoms with Gasteiger partial charge in [-0.15, -0.1) is 0 Å². The summed E-state index contributed by atoms with van der Waals surface area (Å²) in [6, 6.07) is 9.90. The third kappa shape index (κ3) is 4.76. The third-order valence-electron chi connectivity index (χ3n) is 2.80. The molecular formula is C15H16FN3O2. The summed E-state index contributed by atoms with van der Waals surface area (Å²) in [7, 11) is 1.61. The van der Waals surface area contributed by atoms with Crippen molar-refractivity contribution >= 4 is 11.8 Å². The van der Waals surface area contributed by atoms with Gasteiger partial charge in [-0.05, 0) is 36.2 Å². The van der Waals surface area contributed by atoms with Crippen molar-refractivity contribution in [2.45, 2.75) is 6.42 Å². The lowest BCUT2D eigenvalue weighted by Gasteiger charge is -2.08. The van der Waals surface area contributed by atoms with Gasteiger partial charge in [-0.3, -0.25) is 5.32 Å². The fourth-order valence-electron chi connectivity index (χ4n) is 1.76. The predicted molar refractivity (Wildman–Crippen MR) is 77.9 cm³/mol. The number of methoxy groups -OCH3 is 1. The molecule has 0 fully saturated rings. The fourth-order valence-corrected chi connectivity index (χ4v) is 1.76. The van der Waals surface area contributed by atoms with Crippen LogP contribution in [-0.4, -0.2) is 24.7 Å². The number of anilines is 1. The largest absolute Gasteiger partial charge is 0.497 e. The Morgan fingerprint density at radius 3 is 2.90 bits per heavy atom. The van der Waals surface area contributed by atoms with Crippen LogP contribution in [0.4, 0.5) is 15.0 Å². The minimum atomic E-state index is -0.445. The van der Waals surface area contributed by atoms with Crippen LogP contribution < -0.4 is 15.4 Å². The molecule has 0 radical (unpaired) electrons. The maximum absolute atomic E-state index is 12.7. The Morgan fingerprint density at radius 1 is 1.33 bits per heavy atom. The van der Waals surface area contributed by atoms with Crippen LogP contribution in [0.25, 0.3) is 0 Å². The van der Waals surface area contributed by atoms with Crippen LogP contribution >= 0.6 is 0 Å². The van der Waals surface area contributed by atoms with Gasteiger partial charge in [-0.1, -0.05) is 12.1 Å². The van der Waals surface area contributed by atoms with Crippen molar-refractivity contribution in [3.8, 4) is 5.75 Å². The van der Waals surface area contributed by atoms with Crippen molar-refractivity contribution in [2.24, 2.45) is 0 Å². The topological polar surface area (TPSA) is 63.2 Å². The minimum Gasteiger partial charge on any atom is -0.497 e. The van der Waals surface area contributed by atoms with Crippen LogP contribution in [0.5, 0.6) is 5.75 Å². The number of urea groups is 1. The van der Waals surface area contributed by atoms with Crippen LogP contribution in [0, 0.1) is 5.82 Å². The van der Waals surface area contributed by atoms with Gasteiger partial charge in [0.2, 0.25) is 0 Å². The summed E-state index contributed by atoms with van der Waals surface area (Å²) >= 11 is 0. The number of rotatable bonds is 5. The third-order valence-corrected chi connectivity index (χ3v) is 2.80. The molecule has 110 valence electrons. The van der Waals surface area contributed by atoms with E-state index in [1.165, 1.54) is 12.1 Å². The van der Waals surface area contributed by atoms with Crippen LogP contribution in [0.2, 0.25) is 0 Å². The Hall–Kier alpha value is -2.63. The van der Waals surface area contributed by atoms with E-state index in [1.54, 1.807) is 7.11 Å². The predicted octanol–water partition coefficient (Wildman–Crippen LogP) is 2.59. The van der Waals surface area contributed by atoms with Crippen molar-refractivity contribution in [2.75, 3.05) is 19.0 Å². The molecule has 6 heteroatoms. The second-order valence-electron chi connectivity index (χ2n) is 4.34. The van der Waals surface area contributed by atoms with Gasteiger partial charge in [-0.2, -0.15) is 0 Å². The van der Waals surface area contributed by atoms with Gasteiger partial charge in [0, 0.05) is 6.54 Å². The highest BCUT2D eigenvalue weighted by molar-refractivity contribution is 5.88. The SMILES string of the molecule is COc1cccc(CCNC(=O)Nc2ccc(F)cn2)c1. The Labute approximate surface area is 122 Å². The number of pyridine rings is 1. The van der Waals surface area contributed by atoms with Crippen molar-refractivity contribution in [1.82, 2.24) is 10.3 Å². The molecule has 2 N–H and O–H groups in total. The lowest BCUT2D eigenvalue weighted by molar-refractivity contribution is 0.252. The minimum absolute atomic E-state index is 0.301. The molecule has 2 aromatic rings. The first-order valence-corrected chi connectivity index (χ1v) is 6.47. The summed E-state index contributed by atoms with van der Waals surface area (Å²) in [5.74, 6) is 0.640. The van der Waals surface area contributed by atoms with E-state index < -0.39 is 5.82 Å². The maximum Gasteiger partial charge on any atom is 0.320 e. The van der Waals surface area contributed by atoms with Crippen molar-refractivity contribution in [1.29, 1.82) is 0 Å². The van der Waals surface area contributed by atoms with E-state index in [1.807, 2.05) is 24.3 Å². The molecule has 0 atom stereocenters. The first-order chi connectivity index (χ1) is 10.2. The zero-order valence-electron chi connectivity index (χ0n) is 11.6. The standard InChI is InChI=1S/C15H16FN3O2/c1-21-13-4-2-3-11(9-13)7-8-17-15(20)19-14-6-5-12(16)10-18-14/h2-6,9-10H,7-8H2,1H3,(H2,17,18,19,20). The van der Waals surface area contributed by atoms with Gasteiger partial charge in [-0.25, -0.2) is 14.2 Å². The number of aromatic nitrogens is 1. The Balaban J connectivity index is 1.77. The summed E-state index contributed by atoms with van der Waals surface area (Å²) < 4.78 is 17.8. The molecule has 21 heavy (non-hydrogen) atoms. The van der Waals surface area contributed by atoms with E-state index in [0.717, 1.165) is 17.5 Å². The van der Waals surface area contributed by atoms with Crippen molar-refractivity contribution in [3.63, 3.8) is 0 Å². The average molecular weight is 289 g/mol. The highest BCUT2D eigenvalue weighted by atomic mass is 19.1. The molecule has 0 spiro atoms. The Morgan fingerprint density at radius 2 is 2.19 bits per heavy atom. The molecule has 2 amide bonds. The van der Waals surface area contributed by atoms with Crippen molar-refractivity contribution < 1.29 is 13.9 Å². The van der Waals surface area contributed by atoms with Crippen LogP contribution in [0.3, 0.4) is 0 Å². The molecule has 1 aromatic carbocycles. The van der Waals surface area contributed by atoms with E-state index in [9.17, 15) is 9.18 Å². The van der Waals surface area contributed by atoms with Crippen LogP contribution in [0.15, 0.2) is 42.6 Å². The molecule has 1 heterocycles.